The van der Waals surface area contributed by atoms with Crippen LogP contribution in [0.2, 0.25) is 0 Å². The van der Waals surface area contributed by atoms with E-state index in [1.54, 1.807) is 7.11 Å². The summed E-state index contributed by atoms with van der Waals surface area (Å²) in [7, 11) is 1.69. The number of ether oxygens (including phenoxy) is 2. The third-order valence-electron chi connectivity index (χ3n) is 3.90. The maximum Gasteiger partial charge on any atom is 0.175 e. The largest absolute Gasteiger partial charge is 0.493 e. The van der Waals surface area contributed by atoms with Crippen molar-refractivity contribution in [2.45, 2.75) is 57.6 Å². The van der Waals surface area contributed by atoms with Gasteiger partial charge in [0, 0.05) is 6.04 Å². The van der Waals surface area contributed by atoms with Crippen LogP contribution in [0.4, 0.5) is 0 Å². The van der Waals surface area contributed by atoms with E-state index in [0.717, 1.165) is 41.7 Å². The summed E-state index contributed by atoms with van der Waals surface area (Å²) in [6.07, 6.45) is 6.94. The Morgan fingerprint density at radius 1 is 1.35 bits per heavy atom. The minimum absolute atomic E-state index is 0.188. The van der Waals surface area contributed by atoms with Crippen molar-refractivity contribution in [3.63, 3.8) is 0 Å². The van der Waals surface area contributed by atoms with Gasteiger partial charge in [0.15, 0.2) is 11.5 Å². The smallest absolute Gasteiger partial charge is 0.175 e. The third-order valence-corrected chi connectivity index (χ3v) is 4.49. The van der Waals surface area contributed by atoms with Crippen molar-refractivity contribution in [2.24, 2.45) is 5.73 Å². The summed E-state index contributed by atoms with van der Waals surface area (Å²) < 4.78 is 12.6. The highest BCUT2D eigenvalue weighted by Crippen LogP contribution is 2.39. The maximum absolute atomic E-state index is 6.11. The Hall–Kier alpha value is -0.740. The van der Waals surface area contributed by atoms with E-state index in [4.69, 9.17) is 15.2 Å². The van der Waals surface area contributed by atoms with Gasteiger partial charge in [-0.25, -0.2) is 0 Å². The number of nitrogens with two attached hydrogens (primary N) is 1. The van der Waals surface area contributed by atoms with Crippen LogP contribution in [-0.2, 0) is 6.42 Å². The summed E-state index contributed by atoms with van der Waals surface area (Å²) in [4.78, 5) is 0. The third kappa shape index (κ3) is 3.89. The maximum atomic E-state index is 6.11. The van der Waals surface area contributed by atoms with Gasteiger partial charge in [-0.3, -0.25) is 0 Å². The molecule has 1 aromatic carbocycles. The molecule has 0 aliphatic heterocycles. The highest BCUT2D eigenvalue weighted by atomic mass is 79.9. The molecule has 0 radical (unpaired) electrons. The van der Waals surface area contributed by atoms with Crippen molar-refractivity contribution < 1.29 is 9.47 Å². The van der Waals surface area contributed by atoms with Crippen LogP contribution in [0.5, 0.6) is 11.5 Å². The molecule has 0 spiro atoms. The predicted molar refractivity (Wildman–Crippen MR) is 85.5 cm³/mol. The van der Waals surface area contributed by atoms with Crippen LogP contribution in [0.25, 0.3) is 0 Å². The van der Waals surface area contributed by atoms with E-state index >= 15 is 0 Å². The van der Waals surface area contributed by atoms with Crippen molar-refractivity contribution in [1.29, 1.82) is 0 Å². The lowest BCUT2D eigenvalue weighted by molar-refractivity contribution is 0.199. The number of hydrogen-bond donors (Lipinski definition) is 1. The van der Waals surface area contributed by atoms with E-state index in [-0.39, 0.29) is 6.04 Å². The first-order valence-electron chi connectivity index (χ1n) is 7.42. The average molecular weight is 342 g/mol. The molecule has 1 fully saturated rings. The Bertz CT molecular complexity index is 444. The fraction of sp³-hybridized carbons (Fsp3) is 0.625. The van der Waals surface area contributed by atoms with Gasteiger partial charge < -0.3 is 15.2 Å². The van der Waals surface area contributed by atoms with Crippen molar-refractivity contribution in [1.82, 2.24) is 0 Å². The van der Waals surface area contributed by atoms with Gasteiger partial charge in [0.1, 0.15) is 0 Å². The van der Waals surface area contributed by atoms with Gasteiger partial charge in [0.25, 0.3) is 0 Å². The molecule has 4 heteroatoms. The average Bonchev–Trinajstić information content (AvgIpc) is 2.94. The molecule has 3 nitrogen and oxygen atoms in total. The fourth-order valence-electron chi connectivity index (χ4n) is 2.63. The summed E-state index contributed by atoms with van der Waals surface area (Å²) in [6.45, 7) is 2.11. The Morgan fingerprint density at radius 3 is 2.65 bits per heavy atom. The van der Waals surface area contributed by atoms with E-state index in [0.29, 0.717) is 6.10 Å². The molecule has 1 unspecified atom stereocenters. The zero-order valence-electron chi connectivity index (χ0n) is 12.3. The molecule has 20 heavy (non-hydrogen) atoms. The quantitative estimate of drug-likeness (QED) is 0.848. The Kier molecular flexibility index (Phi) is 5.73. The van der Waals surface area contributed by atoms with Crippen LogP contribution in [0, 0.1) is 0 Å². The lowest BCUT2D eigenvalue weighted by atomic mass is 10.0. The molecule has 1 atom stereocenters. The van der Waals surface area contributed by atoms with Crippen LogP contribution in [0.3, 0.4) is 0 Å². The highest BCUT2D eigenvalue weighted by Gasteiger charge is 2.21. The highest BCUT2D eigenvalue weighted by molar-refractivity contribution is 9.10. The molecule has 112 valence electrons. The first-order chi connectivity index (χ1) is 9.63. The SMILES string of the molecule is CCC(N)Cc1cc(Br)c(OC2CCCC2)c(OC)c1. The van der Waals surface area contributed by atoms with Crippen molar-refractivity contribution in [3.05, 3.63) is 22.2 Å². The normalized spacial score (nSPS) is 17.2. The minimum atomic E-state index is 0.188. The molecule has 0 amide bonds. The summed E-state index contributed by atoms with van der Waals surface area (Å²) in [5.41, 5.74) is 7.21. The molecule has 0 bridgehead atoms. The van der Waals surface area contributed by atoms with Gasteiger partial charge in [0.2, 0.25) is 0 Å². The lowest BCUT2D eigenvalue weighted by Gasteiger charge is -2.19. The first-order valence-corrected chi connectivity index (χ1v) is 8.22. The van der Waals surface area contributed by atoms with Crippen molar-refractivity contribution in [2.75, 3.05) is 7.11 Å². The molecule has 2 rings (SSSR count). The monoisotopic (exact) mass is 341 g/mol. The van der Waals surface area contributed by atoms with E-state index in [1.807, 2.05) is 6.07 Å². The molecule has 0 aromatic heterocycles. The van der Waals surface area contributed by atoms with Crippen LogP contribution in [0.15, 0.2) is 16.6 Å². The molecule has 1 aromatic rings. The molecular weight excluding hydrogens is 318 g/mol. The van der Waals surface area contributed by atoms with E-state index in [2.05, 4.69) is 28.9 Å². The molecule has 2 N–H and O–H groups in total. The van der Waals surface area contributed by atoms with Gasteiger partial charge in [-0.05, 0) is 72.2 Å². The second-order valence-electron chi connectivity index (χ2n) is 5.51. The zero-order chi connectivity index (χ0) is 14.5. The molecule has 1 aliphatic rings. The van der Waals surface area contributed by atoms with Crippen molar-refractivity contribution >= 4 is 15.9 Å². The van der Waals surface area contributed by atoms with E-state index in [9.17, 15) is 0 Å². The minimum Gasteiger partial charge on any atom is -0.493 e. The number of halogens is 1. The summed E-state index contributed by atoms with van der Waals surface area (Å²) in [5, 5.41) is 0. The van der Waals surface area contributed by atoms with Crippen molar-refractivity contribution in [3.8, 4) is 11.5 Å². The second-order valence-corrected chi connectivity index (χ2v) is 6.36. The topological polar surface area (TPSA) is 44.5 Å². The number of benzene rings is 1. The lowest BCUT2D eigenvalue weighted by Crippen LogP contribution is -2.21. The van der Waals surface area contributed by atoms with Crippen LogP contribution < -0.4 is 15.2 Å². The van der Waals surface area contributed by atoms with Gasteiger partial charge in [-0.1, -0.05) is 6.92 Å². The standard InChI is InChI=1S/C16H24BrNO2/c1-3-12(18)8-11-9-14(17)16(15(10-11)19-2)20-13-6-4-5-7-13/h9-10,12-13H,3-8,18H2,1-2H3. The molecule has 1 aliphatic carbocycles. The molecule has 0 heterocycles. The van der Waals surface area contributed by atoms with Gasteiger partial charge in [-0.2, -0.15) is 0 Å². The van der Waals surface area contributed by atoms with Crippen LogP contribution >= 0.6 is 15.9 Å². The van der Waals surface area contributed by atoms with E-state index in [1.165, 1.54) is 18.4 Å². The first kappa shape index (κ1) is 15.6. The summed E-state index contributed by atoms with van der Waals surface area (Å²) in [6, 6.07) is 4.33. The number of rotatable bonds is 6. The Labute approximate surface area is 130 Å². The molecular formula is C16H24BrNO2. The fourth-order valence-corrected chi connectivity index (χ4v) is 3.21. The number of hydrogen-bond acceptors (Lipinski definition) is 3. The Morgan fingerprint density at radius 2 is 2.05 bits per heavy atom. The second kappa shape index (κ2) is 7.32. The number of methoxy groups -OCH3 is 1. The molecule has 0 saturated heterocycles. The van der Waals surface area contributed by atoms with E-state index < -0.39 is 0 Å². The summed E-state index contributed by atoms with van der Waals surface area (Å²) in [5.74, 6) is 1.62. The predicted octanol–water partition coefficient (Wildman–Crippen LogP) is 4.06. The van der Waals surface area contributed by atoms with Crippen LogP contribution in [-0.4, -0.2) is 19.3 Å². The van der Waals surface area contributed by atoms with Crippen LogP contribution in [0.1, 0.15) is 44.6 Å². The van der Waals surface area contributed by atoms with Gasteiger partial charge in [0.05, 0.1) is 17.7 Å². The molecule has 1 saturated carbocycles. The summed E-state index contributed by atoms with van der Waals surface area (Å²) >= 11 is 3.61. The van der Waals surface area contributed by atoms with Gasteiger partial charge in [-0.15, -0.1) is 0 Å². The zero-order valence-corrected chi connectivity index (χ0v) is 13.9. The van der Waals surface area contributed by atoms with Gasteiger partial charge >= 0.3 is 0 Å². The Balaban J connectivity index is 2.18.